The predicted octanol–water partition coefficient (Wildman–Crippen LogP) is 2.22. The summed E-state index contributed by atoms with van der Waals surface area (Å²) in [4.78, 5) is 14.8. The summed E-state index contributed by atoms with van der Waals surface area (Å²) in [7, 11) is -3.45. The van der Waals surface area contributed by atoms with Crippen LogP contribution in [0.4, 0.5) is 0 Å². The Labute approximate surface area is 164 Å². The fourth-order valence-electron chi connectivity index (χ4n) is 3.62. The SMILES string of the molecule is CC[C@@H]1CCCCN1CCCNC(=O)CN(Cc1ccccc1)S(C)(=O)=O. The molecule has 0 bridgehead atoms. The summed E-state index contributed by atoms with van der Waals surface area (Å²) >= 11 is 0. The standard InChI is InChI=1S/C20H33N3O3S/c1-3-19-12-7-8-14-22(19)15-9-13-21-20(24)17-23(27(2,25)26)16-18-10-5-4-6-11-18/h4-6,10-11,19H,3,7-9,12-17H2,1-2H3,(H,21,24)/t19-/m1/s1. The minimum atomic E-state index is -3.45. The summed E-state index contributed by atoms with van der Waals surface area (Å²) in [6.45, 7) is 5.00. The Kier molecular flexibility index (Phi) is 8.73. The molecule has 152 valence electrons. The van der Waals surface area contributed by atoms with Gasteiger partial charge in [-0.3, -0.25) is 4.79 Å². The zero-order chi connectivity index (χ0) is 19.7. The molecule has 1 amide bonds. The Bertz CT molecular complexity index is 679. The van der Waals surface area contributed by atoms with Crippen LogP contribution in [0.2, 0.25) is 0 Å². The van der Waals surface area contributed by atoms with E-state index in [4.69, 9.17) is 0 Å². The molecule has 1 heterocycles. The zero-order valence-electron chi connectivity index (χ0n) is 16.6. The number of carbonyl (C=O) groups is 1. The number of nitrogens with zero attached hydrogens (tertiary/aromatic N) is 2. The van der Waals surface area contributed by atoms with Gasteiger partial charge in [0.25, 0.3) is 0 Å². The molecule has 6 nitrogen and oxygen atoms in total. The lowest BCUT2D eigenvalue weighted by Gasteiger charge is -2.35. The van der Waals surface area contributed by atoms with Gasteiger partial charge in [-0.25, -0.2) is 8.42 Å². The van der Waals surface area contributed by atoms with Crippen LogP contribution in [0.25, 0.3) is 0 Å². The van der Waals surface area contributed by atoms with Crippen LogP contribution in [0.3, 0.4) is 0 Å². The molecule has 0 unspecified atom stereocenters. The van der Waals surface area contributed by atoms with Crippen molar-refractivity contribution < 1.29 is 13.2 Å². The van der Waals surface area contributed by atoms with Crippen LogP contribution in [0, 0.1) is 0 Å². The van der Waals surface area contributed by atoms with E-state index in [9.17, 15) is 13.2 Å². The van der Waals surface area contributed by atoms with E-state index < -0.39 is 10.0 Å². The number of piperidine rings is 1. The largest absolute Gasteiger partial charge is 0.355 e. The highest BCUT2D eigenvalue weighted by atomic mass is 32.2. The van der Waals surface area contributed by atoms with Crippen molar-refractivity contribution in [3.8, 4) is 0 Å². The maximum atomic E-state index is 12.2. The quantitative estimate of drug-likeness (QED) is 0.617. The summed E-state index contributed by atoms with van der Waals surface area (Å²) in [5.41, 5.74) is 0.867. The third-order valence-corrected chi connectivity index (χ3v) is 6.35. The Morgan fingerprint density at radius 2 is 2.00 bits per heavy atom. The van der Waals surface area contributed by atoms with E-state index in [0.29, 0.717) is 12.6 Å². The van der Waals surface area contributed by atoms with Gasteiger partial charge in [0.15, 0.2) is 0 Å². The fourth-order valence-corrected chi connectivity index (χ4v) is 4.36. The Hall–Kier alpha value is -1.44. The highest BCUT2D eigenvalue weighted by Gasteiger charge is 2.21. The lowest BCUT2D eigenvalue weighted by Crippen LogP contribution is -2.42. The van der Waals surface area contributed by atoms with Gasteiger partial charge >= 0.3 is 0 Å². The topological polar surface area (TPSA) is 69.7 Å². The number of hydrogen-bond acceptors (Lipinski definition) is 4. The Morgan fingerprint density at radius 1 is 1.26 bits per heavy atom. The van der Waals surface area contributed by atoms with E-state index in [1.165, 1.54) is 30.0 Å². The number of likely N-dealkylation sites (tertiary alicyclic amines) is 1. The summed E-state index contributed by atoms with van der Waals surface area (Å²) in [6.07, 6.45) is 7.05. The van der Waals surface area contributed by atoms with Gasteiger partial charge in [0.2, 0.25) is 15.9 Å². The predicted molar refractivity (Wildman–Crippen MR) is 109 cm³/mol. The van der Waals surface area contributed by atoms with Crippen molar-refractivity contribution in [2.45, 2.75) is 51.6 Å². The van der Waals surface area contributed by atoms with Gasteiger partial charge in [-0.2, -0.15) is 4.31 Å². The summed E-state index contributed by atoms with van der Waals surface area (Å²) < 4.78 is 25.3. The van der Waals surface area contributed by atoms with Crippen molar-refractivity contribution in [1.29, 1.82) is 0 Å². The average molecular weight is 396 g/mol. The molecule has 27 heavy (non-hydrogen) atoms. The molecule has 7 heteroatoms. The van der Waals surface area contributed by atoms with E-state index in [-0.39, 0.29) is 19.0 Å². The summed E-state index contributed by atoms with van der Waals surface area (Å²) in [5, 5.41) is 2.87. The van der Waals surface area contributed by atoms with Crippen LogP contribution in [-0.2, 0) is 21.4 Å². The van der Waals surface area contributed by atoms with E-state index in [1.54, 1.807) is 0 Å². The maximum Gasteiger partial charge on any atom is 0.235 e. The highest BCUT2D eigenvalue weighted by Crippen LogP contribution is 2.19. The highest BCUT2D eigenvalue weighted by molar-refractivity contribution is 7.88. The van der Waals surface area contributed by atoms with Gasteiger partial charge in [0, 0.05) is 25.7 Å². The van der Waals surface area contributed by atoms with Gasteiger partial charge in [0.05, 0.1) is 12.8 Å². The Balaban J connectivity index is 1.76. The van der Waals surface area contributed by atoms with Crippen LogP contribution in [0.5, 0.6) is 0 Å². The van der Waals surface area contributed by atoms with E-state index >= 15 is 0 Å². The molecule has 2 rings (SSSR count). The number of amides is 1. The van der Waals surface area contributed by atoms with Gasteiger partial charge in [-0.05, 0) is 37.8 Å². The molecule has 1 atom stereocenters. The van der Waals surface area contributed by atoms with E-state index in [1.807, 2.05) is 30.3 Å². The third-order valence-electron chi connectivity index (χ3n) is 5.16. The molecule has 1 aliphatic rings. The molecule has 1 aromatic rings. The van der Waals surface area contributed by atoms with E-state index in [0.717, 1.165) is 31.3 Å². The molecule has 0 radical (unpaired) electrons. The molecule has 0 spiro atoms. The number of hydrogen-bond donors (Lipinski definition) is 1. The van der Waals surface area contributed by atoms with Crippen molar-refractivity contribution in [3.63, 3.8) is 0 Å². The minimum Gasteiger partial charge on any atom is -0.355 e. The first-order valence-corrected chi connectivity index (χ1v) is 11.7. The zero-order valence-corrected chi connectivity index (χ0v) is 17.4. The first-order valence-electron chi connectivity index (χ1n) is 9.90. The summed E-state index contributed by atoms with van der Waals surface area (Å²) in [5.74, 6) is -0.248. The number of rotatable bonds is 10. The molecule has 0 saturated carbocycles. The lowest BCUT2D eigenvalue weighted by molar-refractivity contribution is -0.121. The second-order valence-corrected chi connectivity index (χ2v) is 9.30. The van der Waals surface area contributed by atoms with Crippen LogP contribution in [0.15, 0.2) is 30.3 Å². The first kappa shape index (κ1) is 21.9. The molecule has 1 aliphatic heterocycles. The monoisotopic (exact) mass is 395 g/mol. The molecule has 1 saturated heterocycles. The van der Waals surface area contributed by atoms with Crippen molar-refractivity contribution in [3.05, 3.63) is 35.9 Å². The lowest BCUT2D eigenvalue weighted by atomic mass is 10.00. The van der Waals surface area contributed by atoms with Gasteiger partial charge in [0.1, 0.15) is 0 Å². The molecule has 1 fully saturated rings. The van der Waals surface area contributed by atoms with Crippen LogP contribution in [-0.4, -0.2) is 62.0 Å². The second kappa shape index (κ2) is 10.8. The number of carbonyl (C=O) groups excluding carboxylic acids is 1. The van der Waals surface area contributed by atoms with Crippen molar-refractivity contribution >= 4 is 15.9 Å². The smallest absolute Gasteiger partial charge is 0.235 e. The maximum absolute atomic E-state index is 12.2. The molecule has 0 aromatic heterocycles. The van der Waals surface area contributed by atoms with Crippen molar-refractivity contribution in [1.82, 2.24) is 14.5 Å². The van der Waals surface area contributed by atoms with Crippen LogP contribution < -0.4 is 5.32 Å². The number of sulfonamides is 1. The molecular formula is C20H33N3O3S. The van der Waals surface area contributed by atoms with Crippen LogP contribution in [0.1, 0.15) is 44.6 Å². The number of nitrogens with one attached hydrogen (secondary N) is 1. The minimum absolute atomic E-state index is 0.144. The average Bonchev–Trinajstić information content (AvgIpc) is 2.65. The molecule has 1 N–H and O–H groups in total. The van der Waals surface area contributed by atoms with E-state index in [2.05, 4.69) is 17.1 Å². The van der Waals surface area contributed by atoms with Crippen LogP contribution >= 0.6 is 0 Å². The normalized spacial score (nSPS) is 18.6. The van der Waals surface area contributed by atoms with Gasteiger partial charge in [-0.15, -0.1) is 0 Å². The number of benzene rings is 1. The molecule has 1 aromatic carbocycles. The van der Waals surface area contributed by atoms with Gasteiger partial charge in [-0.1, -0.05) is 43.7 Å². The summed E-state index contributed by atoms with van der Waals surface area (Å²) in [6, 6.07) is 9.99. The second-order valence-electron chi connectivity index (χ2n) is 7.31. The molecule has 0 aliphatic carbocycles. The molecular weight excluding hydrogens is 362 g/mol. The third kappa shape index (κ3) is 7.60. The van der Waals surface area contributed by atoms with Crippen molar-refractivity contribution in [2.24, 2.45) is 0 Å². The van der Waals surface area contributed by atoms with Crippen molar-refractivity contribution in [2.75, 3.05) is 32.4 Å². The van der Waals surface area contributed by atoms with Gasteiger partial charge < -0.3 is 10.2 Å². The Morgan fingerprint density at radius 3 is 2.67 bits per heavy atom. The fraction of sp³-hybridized carbons (Fsp3) is 0.650. The first-order chi connectivity index (χ1) is 12.9.